The molecule has 1 aliphatic heterocycles. The summed E-state index contributed by atoms with van der Waals surface area (Å²) < 4.78 is 36.3. The van der Waals surface area contributed by atoms with Gasteiger partial charge in [-0.15, -0.1) is 0 Å². The van der Waals surface area contributed by atoms with E-state index >= 15 is 0 Å². The van der Waals surface area contributed by atoms with Gasteiger partial charge in [0.15, 0.2) is 15.1 Å². The summed E-state index contributed by atoms with van der Waals surface area (Å²) >= 11 is 0. The van der Waals surface area contributed by atoms with E-state index in [2.05, 4.69) is 0 Å². The molecule has 1 unspecified atom stereocenters. The molecule has 7 heteroatoms. The third kappa shape index (κ3) is 4.03. The lowest BCUT2D eigenvalue weighted by Crippen LogP contribution is -2.36. The average molecular weight is 388 g/mol. The van der Waals surface area contributed by atoms with Gasteiger partial charge in [0.25, 0.3) is 0 Å². The number of esters is 2. The van der Waals surface area contributed by atoms with Crippen LogP contribution in [0.15, 0.2) is 65.6 Å². The Morgan fingerprint density at radius 2 is 1.63 bits per heavy atom. The fourth-order valence-corrected chi connectivity index (χ4v) is 5.21. The smallest absolute Gasteiger partial charge is 0.325 e. The molecule has 0 spiro atoms. The van der Waals surface area contributed by atoms with Crippen LogP contribution in [0, 0.1) is 5.92 Å². The first-order chi connectivity index (χ1) is 12.9. The van der Waals surface area contributed by atoms with Crippen molar-refractivity contribution in [2.24, 2.45) is 5.92 Å². The highest BCUT2D eigenvalue weighted by Gasteiger charge is 2.52. The van der Waals surface area contributed by atoms with E-state index in [-0.39, 0.29) is 11.3 Å². The molecule has 0 bridgehead atoms. The zero-order valence-corrected chi connectivity index (χ0v) is 15.6. The maximum absolute atomic E-state index is 13.1. The van der Waals surface area contributed by atoms with Gasteiger partial charge in [0.05, 0.1) is 18.4 Å². The Hall–Kier alpha value is -2.67. The van der Waals surface area contributed by atoms with Gasteiger partial charge in [-0.1, -0.05) is 48.5 Å². The number of rotatable bonds is 6. The predicted molar refractivity (Wildman–Crippen MR) is 97.6 cm³/mol. The van der Waals surface area contributed by atoms with Crippen molar-refractivity contribution in [3.8, 4) is 0 Å². The molecule has 0 N–H and O–H groups in total. The van der Waals surface area contributed by atoms with Crippen LogP contribution >= 0.6 is 0 Å². The quantitative estimate of drug-likeness (QED) is 0.705. The molecule has 2 aromatic carbocycles. The van der Waals surface area contributed by atoms with Gasteiger partial charge in [-0.05, 0) is 17.7 Å². The van der Waals surface area contributed by atoms with E-state index in [0.29, 0.717) is 6.42 Å². The molecule has 1 saturated heterocycles. The van der Waals surface area contributed by atoms with Crippen LogP contribution in [0.3, 0.4) is 0 Å². The largest absolute Gasteiger partial charge is 0.469 e. The highest BCUT2D eigenvalue weighted by atomic mass is 32.2. The minimum Gasteiger partial charge on any atom is -0.469 e. The molecule has 0 aliphatic carbocycles. The molecule has 142 valence electrons. The number of ether oxygens (including phenoxy) is 2. The molecule has 0 amide bonds. The maximum Gasteiger partial charge on any atom is 0.325 e. The number of carbonyl (C=O) groups is 2. The van der Waals surface area contributed by atoms with Gasteiger partial charge < -0.3 is 9.47 Å². The Balaban J connectivity index is 1.96. The highest BCUT2D eigenvalue weighted by Crippen LogP contribution is 2.36. The van der Waals surface area contributed by atoms with Crippen molar-refractivity contribution in [3.05, 3.63) is 66.2 Å². The zero-order chi connectivity index (χ0) is 19.4. The molecule has 0 saturated carbocycles. The van der Waals surface area contributed by atoms with Crippen molar-refractivity contribution < 1.29 is 27.5 Å². The molecular weight excluding hydrogens is 368 g/mol. The molecular formula is C20H20O6S. The summed E-state index contributed by atoms with van der Waals surface area (Å²) in [6.45, 7) is 0. The van der Waals surface area contributed by atoms with E-state index in [4.69, 9.17) is 9.47 Å². The lowest BCUT2D eigenvalue weighted by molar-refractivity contribution is -0.144. The standard InChI is InChI=1S/C20H20O6S/c1-25-18(21)13-16-17(12-14-8-4-2-5-9-14)26-20(22)19(16)27(23,24)15-10-6-3-7-11-15/h2-11,16-17,19H,12-13H2,1H3/t16-,17?,19+/m1/s1. The molecule has 1 heterocycles. The first kappa shape index (κ1) is 19.1. The van der Waals surface area contributed by atoms with Crippen LogP contribution in [-0.4, -0.2) is 38.8 Å². The van der Waals surface area contributed by atoms with E-state index in [0.717, 1.165) is 5.56 Å². The van der Waals surface area contributed by atoms with Crippen molar-refractivity contribution in [2.75, 3.05) is 7.11 Å². The second kappa shape index (κ2) is 7.92. The van der Waals surface area contributed by atoms with E-state index < -0.39 is 39.0 Å². The second-order valence-corrected chi connectivity index (χ2v) is 8.46. The lowest BCUT2D eigenvalue weighted by atomic mass is 9.92. The molecule has 3 rings (SSSR count). The van der Waals surface area contributed by atoms with Crippen LogP contribution in [0.2, 0.25) is 0 Å². The SMILES string of the molecule is COC(=O)C[C@@H]1C(Cc2ccccc2)OC(=O)[C@H]1S(=O)(=O)c1ccccc1. The number of hydrogen-bond donors (Lipinski definition) is 0. The number of methoxy groups -OCH3 is 1. The maximum atomic E-state index is 13.1. The van der Waals surface area contributed by atoms with Crippen LogP contribution in [0.25, 0.3) is 0 Å². The van der Waals surface area contributed by atoms with Crippen LogP contribution in [0.4, 0.5) is 0 Å². The van der Waals surface area contributed by atoms with Crippen LogP contribution in [0.5, 0.6) is 0 Å². The number of carbonyl (C=O) groups excluding carboxylic acids is 2. The minimum atomic E-state index is -4.00. The summed E-state index contributed by atoms with van der Waals surface area (Å²) in [5, 5.41) is -1.44. The topological polar surface area (TPSA) is 86.7 Å². The van der Waals surface area contributed by atoms with Gasteiger partial charge in [-0.25, -0.2) is 8.42 Å². The van der Waals surface area contributed by atoms with E-state index in [1.54, 1.807) is 18.2 Å². The van der Waals surface area contributed by atoms with Gasteiger partial charge in [0.1, 0.15) is 6.10 Å². The number of benzene rings is 2. The number of cyclic esters (lactones) is 1. The molecule has 27 heavy (non-hydrogen) atoms. The normalized spacial score (nSPS) is 22.3. The Morgan fingerprint density at radius 3 is 2.22 bits per heavy atom. The van der Waals surface area contributed by atoms with Gasteiger partial charge in [0.2, 0.25) is 0 Å². The van der Waals surface area contributed by atoms with Crippen molar-refractivity contribution in [1.82, 2.24) is 0 Å². The van der Waals surface area contributed by atoms with Crippen molar-refractivity contribution in [1.29, 1.82) is 0 Å². The summed E-state index contributed by atoms with van der Waals surface area (Å²) in [5.41, 5.74) is 0.892. The lowest BCUT2D eigenvalue weighted by Gasteiger charge is -2.20. The predicted octanol–water partition coefficient (Wildman–Crippen LogP) is 2.18. The van der Waals surface area contributed by atoms with E-state index in [1.807, 2.05) is 30.3 Å². The summed E-state index contributed by atoms with van der Waals surface area (Å²) in [4.78, 5) is 24.4. The third-order valence-electron chi connectivity index (χ3n) is 4.68. The number of hydrogen-bond acceptors (Lipinski definition) is 6. The molecule has 6 nitrogen and oxygen atoms in total. The van der Waals surface area contributed by atoms with Crippen molar-refractivity contribution in [2.45, 2.75) is 29.1 Å². The molecule has 3 atom stereocenters. The summed E-state index contributed by atoms with van der Waals surface area (Å²) in [7, 11) is -2.77. The van der Waals surface area contributed by atoms with E-state index in [9.17, 15) is 18.0 Å². The van der Waals surface area contributed by atoms with Gasteiger partial charge >= 0.3 is 11.9 Å². The number of sulfone groups is 1. The Bertz CT molecular complexity index is 908. The molecule has 2 aromatic rings. The summed E-state index contributed by atoms with van der Waals surface area (Å²) in [5.74, 6) is -2.23. The third-order valence-corrected chi connectivity index (χ3v) is 6.82. The Morgan fingerprint density at radius 1 is 1.04 bits per heavy atom. The first-order valence-corrected chi connectivity index (χ1v) is 10.1. The van der Waals surface area contributed by atoms with Gasteiger partial charge in [-0.2, -0.15) is 0 Å². The molecule has 0 radical (unpaired) electrons. The Labute approximate surface area is 158 Å². The van der Waals surface area contributed by atoms with Gasteiger partial charge in [0, 0.05) is 12.3 Å². The van der Waals surface area contributed by atoms with Gasteiger partial charge in [-0.3, -0.25) is 9.59 Å². The highest BCUT2D eigenvalue weighted by molar-refractivity contribution is 7.92. The van der Waals surface area contributed by atoms with E-state index in [1.165, 1.54) is 19.2 Å². The Kier molecular flexibility index (Phi) is 5.60. The fourth-order valence-electron chi connectivity index (χ4n) is 3.34. The first-order valence-electron chi connectivity index (χ1n) is 8.53. The molecule has 1 fully saturated rings. The van der Waals surface area contributed by atoms with Crippen molar-refractivity contribution >= 4 is 21.8 Å². The summed E-state index contributed by atoms with van der Waals surface area (Å²) in [6, 6.07) is 17.0. The second-order valence-electron chi connectivity index (χ2n) is 6.39. The van der Waals surface area contributed by atoms with Crippen LogP contribution < -0.4 is 0 Å². The zero-order valence-electron chi connectivity index (χ0n) is 14.8. The minimum absolute atomic E-state index is 0.0298. The monoisotopic (exact) mass is 388 g/mol. The molecule has 0 aromatic heterocycles. The average Bonchev–Trinajstić information content (AvgIpc) is 2.98. The fraction of sp³-hybridized carbons (Fsp3) is 0.300. The van der Waals surface area contributed by atoms with Crippen LogP contribution in [0.1, 0.15) is 12.0 Å². The summed E-state index contributed by atoms with van der Waals surface area (Å²) in [6.07, 6.45) is -0.603. The van der Waals surface area contributed by atoms with Crippen LogP contribution in [-0.2, 0) is 35.3 Å². The molecule has 1 aliphatic rings. The van der Waals surface area contributed by atoms with Crippen molar-refractivity contribution in [3.63, 3.8) is 0 Å².